The summed E-state index contributed by atoms with van der Waals surface area (Å²) in [6.07, 6.45) is 3.74. The standard InChI is InChI=1S/C15H22N2O3S/c1-9-13(14(18)19-2)21-15(17-9)16-8-11-7-12(11)10-3-5-20-6-4-10/h10-12H,3-8H2,1-2H3,(H,16,17)/t11-,12-/m0/s1. The van der Waals surface area contributed by atoms with Gasteiger partial charge in [-0.15, -0.1) is 0 Å². The summed E-state index contributed by atoms with van der Waals surface area (Å²) in [5.74, 6) is 2.14. The molecule has 1 aliphatic heterocycles. The molecule has 0 radical (unpaired) electrons. The highest BCUT2D eigenvalue weighted by Crippen LogP contribution is 2.47. The topological polar surface area (TPSA) is 60.5 Å². The van der Waals surface area contributed by atoms with Crippen LogP contribution in [0.5, 0.6) is 0 Å². The van der Waals surface area contributed by atoms with Gasteiger partial charge in [-0.05, 0) is 43.9 Å². The molecule has 0 amide bonds. The molecular weight excluding hydrogens is 288 g/mol. The third-order valence-corrected chi connectivity index (χ3v) is 5.63. The Morgan fingerprint density at radius 3 is 2.95 bits per heavy atom. The summed E-state index contributed by atoms with van der Waals surface area (Å²) in [6, 6.07) is 0. The van der Waals surface area contributed by atoms with Crippen molar-refractivity contribution in [3.8, 4) is 0 Å². The predicted octanol–water partition coefficient (Wildman–Crippen LogP) is 2.71. The lowest BCUT2D eigenvalue weighted by Crippen LogP contribution is -2.19. The second-order valence-electron chi connectivity index (χ2n) is 5.92. The Balaban J connectivity index is 1.49. The lowest BCUT2D eigenvalue weighted by atomic mass is 9.93. The smallest absolute Gasteiger partial charge is 0.350 e. The first-order valence-corrected chi connectivity index (χ1v) is 8.38. The Kier molecular flexibility index (Phi) is 4.45. The van der Waals surface area contributed by atoms with Gasteiger partial charge >= 0.3 is 5.97 Å². The molecule has 6 heteroatoms. The van der Waals surface area contributed by atoms with Crippen molar-refractivity contribution in [1.29, 1.82) is 0 Å². The fourth-order valence-electron chi connectivity index (χ4n) is 3.20. The monoisotopic (exact) mass is 310 g/mol. The molecule has 0 aromatic carbocycles. The maximum atomic E-state index is 11.6. The van der Waals surface area contributed by atoms with Crippen LogP contribution in [0.2, 0.25) is 0 Å². The average Bonchev–Trinajstić information content (AvgIpc) is 3.20. The van der Waals surface area contributed by atoms with E-state index < -0.39 is 0 Å². The minimum atomic E-state index is -0.301. The fraction of sp³-hybridized carbons (Fsp3) is 0.733. The van der Waals surface area contributed by atoms with E-state index in [0.717, 1.165) is 48.3 Å². The van der Waals surface area contributed by atoms with E-state index >= 15 is 0 Å². The van der Waals surface area contributed by atoms with E-state index in [0.29, 0.717) is 4.88 Å². The summed E-state index contributed by atoms with van der Waals surface area (Å²) >= 11 is 1.38. The number of hydrogen-bond donors (Lipinski definition) is 1. The van der Waals surface area contributed by atoms with Gasteiger partial charge in [0.25, 0.3) is 0 Å². The summed E-state index contributed by atoms with van der Waals surface area (Å²) < 4.78 is 10.2. The van der Waals surface area contributed by atoms with E-state index in [4.69, 9.17) is 9.47 Å². The van der Waals surface area contributed by atoms with Crippen LogP contribution in [0.4, 0.5) is 5.13 Å². The number of nitrogens with one attached hydrogen (secondary N) is 1. The van der Waals surface area contributed by atoms with Crippen molar-refractivity contribution >= 4 is 22.4 Å². The van der Waals surface area contributed by atoms with Crippen molar-refractivity contribution in [2.75, 3.05) is 32.2 Å². The Hall–Kier alpha value is -1.14. The van der Waals surface area contributed by atoms with Crippen LogP contribution >= 0.6 is 11.3 Å². The maximum Gasteiger partial charge on any atom is 0.350 e. The van der Waals surface area contributed by atoms with Gasteiger partial charge < -0.3 is 14.8 Å². The second-order valence-corrected chi connectivity index (χ2v) is 6.91. The molecule has 2 aliphatic rings. The molecule has 1 aromatic rings. The van der Waals surface area contributed by atoms with Crippen LogP contribution in [0.3, 0.4) is 0 Å². The molecule has 1 N–H and O–H groups in total. The first-order valence-electron chi connectivity index (χ1n) is 7.56. The number of anilines is 1. The molecular formula is C15H22N2O3S. The van der Waals surface area contributed by atoms with Crippen LogP contribution in [0, 0.1) is 24.7 Å². The molecule has 1 aliphatic carbocycles. The van der Waals surface area contributed by atoms with E-state index in [2.05, 4.69) is 10.3 Å². The minimum Gasteiger partial charge on any atom is -0.465 e. The fourth-order valence-corrected chi connectivity index (χ4v) is 4.09. The normalized spacial score (nSPS) is 25.6. The Labute approximate surface area is 129 Å². The van der Waals surface area contributed by atoms with E-state index in [1.165, 1.54) is 37.7 Å². The molecule has 5 nitrogen and oxygen atoms in total. The van der Waals surface area contributed by atoms with Crippen LogP contribution < -0.4 is 5.32 Å². The number of nitrogens with zero attached hydrogens (tertiary/aromatic N) is 1. The number of methoxy groups -OCH3 is 1. The second kappa shape index (κ2) is 6.32. The Bertz CT molecular complexity index is 511. The first-order chi connectivity index (χ1) is 10.2. The minimum absolute atomic E-state index is 0.301. The largest absolute Gasteiger partial charge is 0.465 e. The zero-order valence-electron chi connectivity index (χ0n) is 12.6. The maximum absolute atomic E-state index is 11.6. The molecule has 2 heterocycles. The number of esters is 1. The Morgan fingerprint density at radius 2 is 2.24 bits per heavy atom. The van der Waals surface area contributed by atoms with Crippen molar-refractivity contribution in [2.45, 2.75) is 26.2 Å². The summed E-state index contributed by atoms with van der Waals surface area (Å²) in [4.78, 5) is 16.6. The predicted molar refractivity (Wildman–Crippen MR) is 81.8 cm³/mol. The lowest BCUT2D eigenvalue weighted by molar-refractivity contribution is 0.0583. The lowest BCUT2D eigenvalue weighted by Gasteiger charge is -2.22. The van der Waals surface area contributed by atoms with E-state index in [9.17, 15) is 4.79 Å². The zero-order valence-corrected chi connectivity index (χ0v) is 13.4. The molecule has 21 heavy (non-hydrogen) atoms. The molecule has 0 spiro atoms. The average molecular weight is 310 g/mol. The highest BCUT2D eigenvalue weighted by molar-refractivity contribution is 7.17. The van der Waals surface area contributed by atoms with Gasteiger partial charge in [0.2, 0.25) is 0 Å². The molecule has 1 saturated carbocycles. The highest BCUT2D eigenvalue weighted by atomic mass is 32.1. The molecule has 0 bridgehead atoms. The number of carbonyl (C=O) groups is 1. The van der Waals surface area contributed by atoms with Gasteiger partial charge in [-0.1, -0.05) is 11.3 Å². The number of carbonyl (C=O) groups excluding carboxylic acids is 1. The number of aromatic nitrogens is 1. The molecule has 2 fully saturated rings. The van der Waals surface area contributed by atoms with E-state index in [1.807, 2.05) is 6.92 Å². The summed E-state index contributed by atoms with van der Waals surface area (Å²) in [5, 5.41) is 4.21. The van der Waals surface area contributed by atoms with Crippen molar-refractivity contribution in [3.05, 3.63) is 10.6 Å². The third kappa shape index (κ3) is 3.37. The van der Waals surface area contributed by atoms with Gasteiger partial charge in [0.1, 0.15) is 4.88 Å². The van der Waals surface area contributed by atoms with Gasteiger partial charge in [0.05, 0.1) is 12.8 Å². The molecule has 0 unspecified atom stereocenters. The molecule has 1 saturated heterocycles. The molecule has 2 atom stereocenters. The van der Waals surface area contributed by atoms with Crippen LogP contribution in [0.1, 0.15) is 34.6 Å². The van der Waals surface area contributed by atoms with Gasteiger partial charge in [-0.25, -0.2) is 9.78 Å². The zero-order chi connectivity index (χ0) is 14.8. The van der Waals surface area contributed by atoms with Gasteiger partial charge in [-0.3, -0.25) is 0 Å². The van der Waals surface area contributed by atoms with Crippen LogP contribution in [0.15, 0.2) is 0 Å². The number of aryl methyl sites for hydroxylation is 1. The SMILES string of the molecule is COC(=O)c1sc(NC[C@@H]2C[C@H]2C2CCOCC2)nc1C. The summed E-state index contributed by atoms with van der Waals surface area (Å²) in [6.45, 7) is 4.65. The van der Waals surface area contributed by atoms with Gasteiger partial charge in [0.15, 0.2) is 5.13 Å². The number of hydrogen-bond acceptors (Lipinski definition) is 6. The van der Waals surface area contributed by atoms with Crippen LogP contribution in [-0.4, -0.2) is 37.8 Å². The quantitative estimate of drug-likeness (QED) is 0.847. The molecule has 116 valence electrons. The van der Waals surface area contributed by atoms with Crippen LogP contribution in [0.25, 0.3) is 0 Å². The summed E-state index contributed by atoms with van der Waals surface area (Å²) in [7, 11) is 1.40. The first kappa shape index (κ1) is 14.8. The molecule has 3 rings (SSSR count). The number of rotatable bonds is 5. The summed E-state index contributed by atoms with van der Waals surface area (Å²) in [5.41, 5.74) is 0.742. The van der Waals surface area contributed by atoms with Gasteiger partial charge in [-0.2, -0.15) is 0 Å². The molecule has 1 aromatic heterocycles. The third-order valence-electron chi connectivity index (χ3n) is 4.53. The van der Waals surface area contributed by atoms with Crippen molar-refractivity contribution < 1.29 is 14.3 Å². The number of ether oxygens (including phenoxy) is 2. The van der Waals surface area contributed by atoms with Gasteiger partial charge in [0, 0.05) is 19.8 Å². The van der Waals surface area contributed by atoms with Crippen molar-refractivity contribution in [1.82, 2.24) is 4.98 Å². The van der Waals surface area contributed by atoms with Crippen molar-refractivity contribution in [3.63, 3.8) is 0 Å². The highest BCUT2D eigenvalue weighted by Gasteiger charge is 2.42. The van der Waals surface area contributed by atoms with Crippen molar-refractivity contribution in [2.24, 2.45) is 17.8 Å². The number of thiazole rings is 1. The Morgan fingerprint density at radius 1 is 1.48 bits per heavy atom. The van der Waals surface area contributed by atoms with Crippen LogP contribution in [-0.2, 0) is 9.47 Å². The van der Waals surface area contributed by atoms with E-state index in [-0.39, 0.29) is 5.97 Å². The van der Waals surface area contributed by atoms with E-state index in [1.54, 1.807) is 0 Å².